The number of hydrogen-bond acceptors (Lipinski definition) is 4. The molecule has 0 radical (unpaired) electrons. The van der Waals surface area contributed by atoms with Crippen LogP contribution in [0.5, 0.6) is 0 Å². The molecule has 0 heterocycles. The molecule has 1 rings (SSSR count). The Morgan fingerprint density at radius 3 is 2.65 bits per heavy atom. The van der Waals surface area contributed by atoms with Crippen LogP contribution >= 0.6 is 0 Å². The van der Waals surface area contributed by atoms with Gasteiger partial charge in [-0.3, -0.25) is 4.79 Å². The number of rotatable bonds is 10. The number of halogens is 2. The summed E-state index contributed by atoms with van der Waals surface area (Å²) < 4.78 is 43.0. The van der Waals surface area contributed by atoms with Crippen LogP contribution < -0.4 is 0 Å². The third-order valence-corrected chi connectivity index (χ3v) is 3.38. The van der Waals surface area contributed by atoms with Crippen molar-refractivity contribution in [1.82, 2.24) is 0 Å². The molecular weight excluding hydrogens is 306 g/mol. The van der Waals surface area contributed by atoms with Gasteiger partial charge in [0.2, 0.25) is 0 Å². The lowest BCUT2D eigenvalue weighted by atomic mass is 9.98. The summed E-state index contributed by atoms with van der Waals surface area (Å²) in [4.78, 5) is 11.5. The Bertz CT molecular complexity index is 506. The van der Waals surface area contributed by atoms with Gasteiger partial charge < -0.3 is 14.2 Å². The van der Waals surface area contributed by atoms with Crippen LogP contribution in [0.3, 0.4) is 0 Å². The first kappa shape index (κ1) is 19.5. The quantitative estimate of drug-likeness (QED) is 0.486. The van der Waals surface area contributed by atoms with Crippen molar-refractivity contribution in [1.29, 1.82) is 0 Å². The fourth-order valence-electron chi connectivity index (χ4n) is 2.26. The number of methoxy groups -OCH3 is 1. The van der Waals surface area contributed by atoms with Crippen LogP contribution in [0, 0.1) is 11.6 Å². The van der Waals surface area contributed by atoms with E-state index in [0.29, 0.717) is 30.8 Å². The van der Waals surface area contributed by atoms with Crippen LogP contribution in [0.25, 0.3) is 0 Å². The molecule has 6 heteroatoms. The van der Waals surface area contributed by atoms with Crippen LogP contribution in [0.1, 0.15) is 43.9 Å². The second kappa shape index (κ2) is 10.3. The monoisotopic (exact) mass is 330 g/mol. The summed E-state index contributed by atoms with van der Waals surface area (Å²) >= 11 is 0. The van der Waals surface area contributed by atoms with Crippen molar-refractivity contribution in [2.24, 2.45) is 0 Å². The highest BCUT2D eigenvalue weighted by Gasteiger charge is 2.18. The Morgan fingerprint density at radius 2 is 2.00 bits per heavy atom. The summed E-state index contributed by atoms with van der Waals surface area (Å²) in [6.07, 6.45) is 0.400. The van der Waals surface area contributed by atoms with E-state index in [2.05, 4.69) is 0 Å². The van der Waals surface area contributed by atoms with Crippen molar-refractivity contribution in [2.75, 3.05) is 26.9 Å². The van der Waals surface area contributed by atoms with E-state index in [1.807, 2.05) is 0 Å². The van der Waals surface area contributed by atoms with E-state index >= 15 is 0 Å². The molecule has 0 aliphatic heterocycles. The van der Waals surface area contributed by atoms with Crippen LogP contribution in [0.4, 0.5) is 8.78 Å². The minimum absolute atomic E-state index is 0.0415. The lowest BCUT2D eigenvalue weighted by Crippen LogP contribution is -2.11. The van der Waals surface area contributed by atoms with Gasteiger partial charge in [-0.25, -0.2) is 8.78 Å². The number of esters is 1. The Balaban J connectivity index is 2.81. The maximum atomic E-state index is 14.1. The minimum Gasteiger partial charge on any atom is -0.466 e. The standard InChI is InChI=1S/C17H24F2O4/c1-4-22-17(20)7-6-14-15(10-13(18)11-16(14)19)12(2)23-9-5-8-21-3/h10-12H,4-9H2,1-3H3/t12-/m1/s1. The van der Waals surface area contributed by atoms with E-state index in [1.165, 1.54) is 6.07 Å². The van der Waals surface area contributed by atoms with Crippen molar-refractivity contribution in [3.8, 4) is 0 Å². The van der Waals surface area contributed by atoms with Crippen LogP contribution in [-0.4, -0.2) is 32.9 Å². The minimum atomic E-state index is -0.670. The molecule has 0 unspecified atom stereocenters. The molecule has 0 aliphatic carbocycles. The molecule has 0 saturated carbocycles. The lowest BCUT2D eigenvalue weighted by molar-refractivity contribution is -0.143. The third-order valence-electron chi connectivity index (χ3n) is 3.38. The summed E-state index contributed by atoms with van der Waals surface area (Å²) in [5.74, 6) is -1.74. The summed E-state index contributed by atoms with van der Waals surface area (Å²) in [6, 6.07) is 2.08. The molecule has 0 amide bonds. The van der Waals surface area contributed by atoms with Gasteiger partial charge in [0, 0.05) is 32.8 Å². The zero-order valence-electron chi connectivity index (χ0n) is 13.9. The molecule has 4 nitrogen and oxygen atoms in total. The van der Waals surface area contributed by atoms with Gasteiger partial charge in [-0.1, -0.05) is 0 Å². The van der Waals surface area contributed by atoms with Gasteiger partial charge in [0.25, 0.3) is 0 Å². The van der Waals surface area contributed by atoms with E-state index < -0.39 is 23.7 Å². The average molecular weight is 330 g/mol. The number of carbonyl (C=O) groups is 1. The fourth-order valence-corrected chi connectivity index (χ4v) is 2.26. The first-order valence-corrected chi connectivity index (χ1v) is 7.73. The third kappa shape index (κ3) is 6.62. The molecule has 1 aromatic carbocycles. The topological polar surface area (TPSA) is 44.8 Å². The van der Waals surface area contributed by atoms with Gasteiger partial charge >= 0.3 is 5.97 Å². The zero-order chi connectivity index (χ0) is 17.2. The van der Waals surface area contributed by atoms with Crippen molar-refractivity contribution in [3.63, 3.8) is 0 Å². The highest BCUT2D eigenvalue weighted by molar-refractivity contribution is 5.69. The Morgan fingerprint density at radius 1 is 1.26 bits per heavy atom. The van der Waals surface area contributed by atoms with E-state index in [1.54, 1.807) is 21.0 Å². The fraction of sp³-hybridized carbons (Fsp3) is 0.588. The maximum Gasteiger partial charge on any atom is 0.306 e. The van der Waals surface area contributed by atoms with Crippen LogP contribution in [0.15, 0.2) is 12.1 Å². The highest BCUT2D eigenvalue weighted by Crippen LogP contribution is 2.26. The Kier molecular flexibility index (Phi) is 8.73. The maximum absolute atomic E-state index is 14.1. The normalized spacial score (nSPS) is 12.2. The SMILES string of the molecule is CCOC(=O)CCc1c(F)cc(F)cc1[C@@H](C)OCCCOC. The van der Waals surface area contributed by atoms with Crippen molar-refractivity contribution >= 4 is 5.97 Å². The van der Waals surface area contributed by atoms with E-state index in [9.17, 15) is 13.6 Å². The van der Waals surface area contributed by atoms with E-state index in [4.69, 9.17) is 14.2 Å². The van der Waals surface area contributed by atoms with E-state index in [-0.39, 0.29) is 19.4 Å². The summed E-state index contributed by atoms with van der Waals surface area (Å²) in [5, 5.41) is 0. The van der Waals surface area contributed by atoms with Crippen molar-refractivity contribution in [3.05, 3.63) is 34.9 Å². The molecule has 1 aromatic rings. The van der Waals surface area contributed by atoms with Gasteiger partial charge in [0.05, 0.1) is 12.7 Å². The zero-order valence-corrected chi connectivity index (χ0v) is 13.9. The molecule has 0 spiro atoms. The molecule has 0 aromatic heterocycles. The number of benzene rings is 1. The first-order valence-electron chi connectivity index (χ1n) is 7.73. The van der Waals surface area contributed by atoms with Gasteiger partial charge in [-0.15, -0.1) is 0 Å². The first-order chi connectivity index (χ1) is 11.0. The number of ether oxygens (including phenoxy) is 3. The second-order valence-corrected chi connectivity index (χ2v) is 5.12. The summed E-state index contributed by atoms with van der Waals surface area (Å²) in [7, 11) is 1.60. The molecule has 1 atom stereocenters. The van der Waals surface area contributed by atoms with Gasteiger partial charge in [-0.05, 0) is 43.9 Å². The molecular formula is C17H24F2O4. The molecule has 0 aliphatic rings. The summed E-state index contributed by atoms with van der Waals surface area (Å²) in [6.45, 7) is 4.69. The largest absolute Gasteiger partial charge is 0.466 e. The second-order valence-electron chi connectivity index (χ2n) is 5.12. The Labute approximate surface area is 135 Å². The molecule has 0 bridgehead atoms. The van der Waals surface area contributed by atoms with E-state index in [0.717, 1.165) is 6.07 Å². The number of hydrogen-bond donors (Lipinski definition) is 0. The van der Waals surface area contributed by atoms with Crippen molar-refractivity contribution < 1.29 is 27.8 Å². The van der Waals surface area contributed by atoms with Gasteiger partial charge in [0.1, 0.15) is 11.6 Å². The average Bonchev–Trinajstić information content (AvgIpc) is 2.50. The molecule has 23 heavy (non-hydrogen) atoms. The van der Waals surface area contributed by atoms with Crippen LogP contribution in [0.2, 0.25) is 0 Å². The predicted octanol–water partition coefficient (Wildman–Crippen LogP) is 3.57. The molecule has 0 N–H and O–H groups in total. The lowest BCUT2D eigenvalue weighted by Gasteiger charge is -2.18. The highest BCUT2D eigenvalue weighted by atomic mass is 19.1. The smallest absolute Gasteiger partial charge is 0.306 e. The van der Waals surface area contributed by atoms with Crippen molar-refractivity contribution in [2.45, 2.75) is 39.2 Å². The molecule has 130 valence electrons. The molecule has 0 saturated heterocycles. The molecule has 0 fully saturated rings. The Hall–Kier alpha value is -1.53. The van der Waals surface area contributed by atoms with Crippen LogP contribution in [-0.2, 0) is 25.4 Å². The van der Waals surface area contributed by atoms with Gasteiger partial charge in [-0.2, -0.15) is 0 Å². The predicted molar refractivity (Wildman–Crippen MR) is 82.2 cm³/mol. The summed E-state index contributed by atoms with van der Waals surface area (Å²) in [5.41, 5.74) is 0.711. The van der Waals surface area contributed by atoms with Gasteiger partial charge in [0.15, 0.2) is 0 Å². The number of carbonyl (C=O) groups excluding carboxylic acids is 1.